The number of carbonyl (C=O) groups excluding carboxylic acids is 1. The number of nitrogens with one attached hydrogen (secondary N) is 1. The summed E-state index contributed by atoms with van der Waals surface area (Å²) < 4.78 is 62.3. The molecule has 0 aliphatic carbocycles. The van der Waals surface area contributed by atoms with Gasteiger partial charge in [0.1, 0.15) is 0 Å². The zero-order valence-electron chi connectivity index (χ0n) is 14.8. The average molecular weight is 414 g/mol. The first-order valence-electron chi connectivity index (χ1n) is 7.72. The van der Waals surface area contributed by atoms with Gasteiger partial charge in [-0.1, -0.05) is 0 Å². The van der Waals surface area contributed by atoms with Gasteiger partial charge in [0.15, 0.2) is 15.8 Å². The Labute approximate surface area is 159 Å². The molecule has 2 aromatic carbocycles. The topological polar surface area (TPSA) is 128 Å². The molecule has 0 unspecified atom stereocenters. The van der Waals surface area contributed by atoms with Gasteiger partial charge >= 0.3 is 6.18 Å². The SMILES string of the molecule is Cc1cc(Nc2ccc(C(F)(F)F)cc2)c(S(C)(=O)=O)cc1C(=O)N=C(N)N. The van der Waals surface area contributed by atoms with Crippen LogP contribution in [0.15, 0.2) is 46.3 Å². The first kappa shape index (κ1) is 21.2. The third kappa shape index (κ3) is 5.00. The van der Waals surface area contributed by atoms with Crippen molar-refractivity contribution < 1.29 is 26.4 Å². The number of anilines is 2. The van der Waals surface area contributed by atoms with Gasteiger partial charge in [0.05, 0.1) is 16.1 Å². The largest absolute Gasteiger partial charge is 0.416 e. The van der Waals surface area contributed by atoms with Gasteiger partial charge < -0.3 is 16.8 Å². The highest BCUT2D eigenvalue weighted by Gasteiger charge is 2.30. The van der Waals surface area contributed by atoms with Crippen LogP contribution in [0.5, 0.6) is 0 Å². The van der Waals surface area contributed by atoms with Crippen LogP contribution in [-0.4, -0.2) is 26.5 Å². The fraction of sp³-hybridized carbons (Fsp3) is 0.176. The molecule has 2 rings (SSSR count). The highest BCUT2D eigenvalue weighted by molar-refractivity contribution is 7.90. The smallest absolute Gasteiger partial charge is 0.370 e. The highest BCUT2D eigenvalue weighted by Crippen LogP contribution is 2.32. The molecule has 0 atom stereocenters. The Morgan fingerprint density at radius 1 is 1.11 bits per heavy atom. The van der Waals surface area contributed by atoms with Crippen molar-refractivity contribution in [3.05, 3.63) is 53.1 Å². The third-order valence-electron chi connectivity index (χ3n) is 3.68. The maximum Gasteiger partial charge on any atom is 0.416 e. The van der Waals surface area contributed by atoms with Crippen LogP contribution in [0.4, 0.5) is 24.5 Å². The van der Waals surface area contributed by atoms with Crippen molar-refractivity contribution in [1.29, 1.82) is 0 Å². The number of amides is 1. The van der Waals surface area contributed by atoms with Crippen LogP contribution in [0.1, 0.15) is 21.5 Å². The summed E-state index contributed by atoms with van der Waals surface area (Å²) in [6.07, 6.45) is -3.55. The van der Waals surface area contributed by atoms with E-state index in [1.165, 1.54) is 18.2 Å². The van der Waals surface area contributed by atoms with Crippen molar-refractivity contribution in [1.82, 2.24) is 0 Å². The predicted molar refractivity (Wildman–Crippen MR) is 99.2 cm³/mol. The van der Waals surface area contributed by atoms with Crippen molar-refractivity contribution in [3.8, 4) is 0 Å². The van der Waals surface area contributed by atoms with Crippen molar-refractivity contribution in [2.45, 2.75) is 18.0 Å². The standard InChI is InChI=1S/C17H17F3N4O3S/c1-9-7-13(23-11-5-3-10(4-6-11)17(18,19)20)14(28(2,26)27)8-12(9)15(25)24-16(21)22/h3-8,23H,1-2H3,(H4,21,22,24,25). The van der Waals surface area contributed by atoms with E-state index in [0.29, 0.717) is 5.56 Å². The molecule has 1 amide bonds. The number of carbonyl (C=O) groups is 1. The number of nitrogens with two attached hydrogens (primary N) is 2. The molecule has 0 saturated carbocycles. The van der Waals surface area contributed by atoms with Crippen LogP contribution < -0.4 is 16.8 Å². The molecule has 0 radical (unpaired) electrons. The lowest BCUT2D eigenvalue weighted by Crippen LogP contribution is -2.24. The number of alkyl halides is 3. The molecule has 0 saturated heterocycles. The van der Waals surface area contributed by atoms with E-state index in [4.69, 9.17) is 11.5 Å². The number of sulfone groups is 1. The minimum atomic E-state index is -4.49. The first-order valence-corrected chi connectivity index (χ1v) is 9.61. The molecule has 2 aromatic rings. The lowest BCUT2D eigenvalue weighted by Gasteiger charge is -2.15. The number of guanidine groups is 1. The Morgan fingerprint density at radius 2 is 1.68 bits per heavy atom. The number of rotatable bonds is 4. The molecule has 0 bridgehead atoms. The fourth-order valence-electron chi connectivity index (χ4n) is 2.40. The number of halogens is 3. The van der Waals surface area contributed by atoms with E-state index in [1.54, 1.807) is 6.92 Å². The molecule has 28 heavy (non-hydrogen) atoms. The summed E-state index contributed by atoms with van der Waals surface area (Å²) in [5.41, 5.74) is 10.2. The monoisotopic (exact) mass is 414 g/mol. The second-order valence-electron chi connectivity index (χ2n) is 5.98. The summed E-state index contributed by atoms with van der Waals surface area (Å²) in [7, 11) is -3.79. The van der Waals surface area contributed by atoms with Crippen molar-refractivity contribution in [2.24, 2.45) is 16.5 Å². The first-order chi connectivity index (χ1) is 12.8. The van der Waals surface area contributed by atoms with E-state index < -0.39 is 33.4 Å². The quantitative estimate of drug-likeness (QED) is 0.521. The van der Waals surface area contributed by atoms with Gasteiger partial charge in [-0.15, -0.1) is 0 Å². The number of aryl methyl sites for hydroxylation is 1. The average Bonchev–Trinajstić information content (AvgIpc) is 2.52. The number of benzene rings is 2. The summed E-state index contributed by atoms with van der Waals surface area (Å²) in [5, 5.41) is 2.76. The minimum Gasteiger partial charge on any atom is -0.370 e. The molecule has 0 spiro atoms. The van der Waals surface area contributed by atoms with E-state index in [-0.39, 0.29) is 21.8 Å². The van der Waals surface area contributed by atoms with Gasteiger partial charge in [0.25, 0.3) is 5.91 Å². The molecule has 0 aromatic heterocycles. The summed E-state index contributed by atoms with van der Waals surface area (Å²) >= 11 is 0. The molecule has 0 aliphatic heterocycles. The summed E-state index contributed by atoms with van der Waals surface area (Å²) in [6, 6.07) is 6.57. The Balaban J connectivity index is 2.51. The molecule has 0 aliphatic rings. The molecular weight excluding hydrogens is 397 g/mol. The van der Waals surface area contributed by atoms with E-state index in [0.717, 1.165) is 24.5 Å². The maximum atomic E-state index is 12.7. The zero-order valence-corrected chi connectivity index (χ0v) is 15.6. The van der Waals surface area contributed by atoms with Crippen molar-refractivity contribution in [2.75, 3.05) is 11.6 Å². The molecule has 150 valence electrons. The fourth-order valence-corrected chi connectivity index (χ4v) is 3.24. The van der Waals surface area contributed by atoms with E-state index in [2.05, 4.69) is 10.3 Å². The van der Waals surface area contributed by atoms with Gasteiger partial charge in [0, 0.05) is 17.5 Å². The highest BCUT2D eigenvalue weighted by atomic mass is 32.2. The van der Waals surface area contributed by atoms with Crippen LogP contribution >= 0.6 is 0 Å². The van der Waals surface area contributed by atoms with Crippen LogP contribution in [0.3, 0.4) is 0 Å². The van der Waals surface area contributed by atoms with E-state index in [1.807, 2.05) is 0 Å². The Morgan fingerprint density at radius 3 is 2.14 bits per heavy atom. The second kappa shape index (κ2) is 7.50. The molecule has 0 fully saturated rings. The molecule has 11 heteroatoms. The minimum absolute atomic E-state index is 0.0215. The van der Waals surface area contributed by atoms with E-state index >= 15 is 0 Å². The van der Waals surface area contributed by atoms with Gasteiger partial charge in [-0.05, 0) is 48.9 Å². The maximum absolute atomic E-state index is 12.7. The number of hydrogen-bond acceptors (Lipinski definition) is 4. The van der Waals surface area contributed by atoms with Crippen LogP contribution in [0, 0.1) is 6.92 Å². The lowest BCUT2D eigenvalue weighted by molar-refractivity contribution is -0.137. The van der Waals surface area contributed by atoms with Crippen LogP contribution in [0.2, 0.25) is 0 Å². The van der Waals surface area contributed by atoms with E-state index in [9.17, 15) is 26.4 Å². The van der Waals surface area contributed by atoms with Crippen LogP contribution in [-0.2, 0) is 16.0 Å². The number of aliphatic imine (C=N–C) groups is 1. The van der Waals surface area contributed by atoms with Gasteiger partial charge in [-0.25, -0.2) is 8.42 Å². The normalized spacial score (nSPS) is 11.8. The summed E-state index contributed by atoms with van der Waals surface area (Å²) in [5.74, 6) is -1.29. The Hall–Kier alpha value is -3.08. The molecular formula is C17H17F3N4O3S. The van der Waals surface area contributed by atoms with Crippen molar-refractivity contribution >= 4 is 33.1 Å². The van der Waals surface area contributed by atoms with Crippen LogP contribution in [0.25, 0.3) is 0 Å². The Bertz CT molecular complexity index is 1040. The lowest BCUT2D eigenvalue weighted by atomic mass is 10.1. The second-order valence-corrected chi connectivity index (χ2v) is 7.96. The van der Waals surface area contributed by atoms with Gasteiger partial charge in [-0.2, -0.15) is 18.2 Å². The summed E-state index contributed by atoms with van der Waals surface area (Å²) in [6.45, 7) is 1.54. The van der Waals surface area contributed by atoms with Gasteiger partial charge in [0.2, 0.25) is 0 Å². The van der Waals surface area contributed by atoms with Crippen molar-refractivity contribution in [3.63, 3.8) is 0 Å². The third-order valence-corrected chi connectivity index (χ3v) is 4.82. The predicted octanol–water partition coefficient (Wildman–Crippen LogP) is 2.57. The molecule has 5 N–H and O–H groups in total. The molecule has 0 heterocycles. The summed E-state index contributed by atoms with van der Waals surface area (Å²) in [4.78, 5) is 15.2. The zero-order chi connectivity index (χ0) is 21.3. The Kier molecular flexibility index (Phi) is 5.69. The molecule has 7 nitrogen and oxygen atoms in total. The number of hydrogen-bond donors (Lipinski definition) is 3. The van der Waals surface area contributed by atoms with Gasteiger partial charge in [-0.3, -0.25) is 4.79 Å². The number of nitrogens with zero attached hydrogens (tertiary/aromatic N) is 1.